The van der Waals surface area contributed by atoms with Crippen LogP contribution < -0.4 is 5.32 Å². The molecule has 2 amide bonds. The molecule has 1 saturated heterocycles. The zero-order chi connectivity index (χ0) is 21.6. The van der Waals surface area contributed by atoms with Crippen molar-refractivity contribution in [2.75, 3.05) is 19.6 Å². The molecule has 1 aliphatic rings. The number of aromatic nitrogens is 3. The quantitative estimate of drug-likeness (QED) is 0.702. The zero-order valence-corrected chi connectivity index (χ0v) is 16.6. The Morgan fingerprint density at radius 3 is 2.63 bits per heavy atom. The van der Waals surface area contributed by atoms with Crippen molar-refractivity contribution in [2.45, 2.75) is 32.4 Å². The first-order valence-electron chi connectivity index (χ1n) is 9.77. The van der Waals surface area contributed by atoms with Crippen LogP contribution in [0.15, 0.2) is 30.6 Å². The second kappa shape index (κ2) is 7.33. The molecule has 1 N–H and O–H groups in total. The summed E-state index contributed by atoms with van der Waals surface area (Å²) in [6, 6.07) is 4.80. The third-order valence-corrected chi connectivity index (χ3v) is 5.76. The number of nitrogens with one attached hydrogen (secondary N) is 1. The Labute approximate surface area is 170 Å². The molecular formula is C20H22F3N5O2. The summed E-state index contributed by atoms with van der Waals surface area (Å²) in [4.78, 5) is 30.1. The van der Waals surface area contributed by atoms with Crippen molar-refractivity contribution >= 4 is 28.6 Å². The number of imidazole rings is 1. The van der Waals surface area contributed by atoms with Gasteiger partial charge < -0.3 is 10.2 Å². The Balaban J connectivity index is 1.68. The monoisotopic (exact) mass is 421 g/mol. The van der Waals surface area contributed by atoms with Gasteiger partial charge >= 0.3 is 12.2 Å². The van der Waals surface area contributed by atoms with Crippen LogP contribution in [0.1, 0.15) is 36.7 Å². The van der Waals surface area contributed by atoms with Crippen LogP contribution in [-0.2, 0) is 0 Å². The Bertz CT molecular complexity index is 1120. The molecule has 0 radical (unpaired) electrons. The highest BCUT2D eigenvalue weighted by atomic mass is 19.4. The lowest BCUT2D eigenvalue weighted by Gasteiger charge is -2.18. The number of urea groups is 1. The van der Waals surface area contributed by atoms with Crippen molar-refractivity contribution in [3.63, 3.8) is 0 Å². The van der Waals surface area contributed by atoms with Gasteiger partial charge in [-0.25, -0.2) is 9.78 Å². The van der Waals surface area contributed by atoms with Gasteiger partial charge in [0.1, 0.15) is 12.2 Å². The van der Waals surface area contributed by atoms with Gasteiger partial charge in [-0.1, -0.05) is 13.3 Å². The number of rotatable bonds is 3. The highest BCUT2D eigenvalue weighted by molar-refractivity contribution is 5.91. The number of fused-ring (bicyclic) bond motifs is 3. The minimum absolute atomic E-state index is 0.0760. The number of pyridine rings is 1. The zero-order valence-electron chi connectivity index (χ0n) is 16.6. The highest BCUT2D eigenvalue weighted by Gasteiger charge is 2.38. The molecule has 0 bridgehead atoms. The first-order valence-corrected chi connectivity index (χ1v) is 9.77. The number of likely N-dealkylation sites (tertiary alicyclic amines) is 1. The molecule has 1 fully saturated rings. The number of hydrogen-bond acceptors (Lipinski definition) is 3. The first kappa shape index (κ1) is 20.2. The van der Waals surface area contributed by atoms with Crippen LogP contribution in [0.4, 0.5) is 18.0 Å². The molecule has 0 aromatic carbocycles. The van der Waals surface area contributed by atoms with Crippen molar-refractivity contribution in [1.82, 2.24) is 24.2 Å². The van der Waals surface area contributed by atoms with Crippen LogP contribution in [0.2, 0.25) is 0 Å². The number of hydrogen-bond donors (Lipinski definition) is 1. The number of amides is 2. The van der Waals surface area contributed by atoms with Gasteiger partial charge in [-0.05, 0) is 24.1 Å². The van der Waals surface area contributed by atoms with Crippen LogP contribution in [0, 0.1) is 5.92 Å². The van der Waals surface area contributed by atoms with Crippen LogP contribution in [0.25, 0.3) is 16.7 Å². The molecule has 30 heavy (non-hydrogen) atoms. The summed E-state index contributed by atoms with van der Waals surface area (Å²) in [6.45, 7) is 2.82. The van der Waals surface area contributed by atoms with E-state index in [4.69, 9.17) is 0 Å². The van der Waals surface area contributed by atoms with Gasteiger partial charge in [-0.15, -0.1) is 0 Å². The minimum Gasteiger partial charge on any atom is -0.329 e. The number of carbonyl (C=O) groups is 2. The molecule has 3 aromatic heterocycles. The fraction of sp³-hybridized carbons (Fsp3) is 0.450. The molecule has 160 valence electrons. The number of alkyl halides is 3. The van der Waals surface area contributed by atoms with Crippen molar-refractivity contribution in [2.24, 2.45) is 5.92 Å². The standard InChI is InChI=1S/C20H22F3N5O2/c1-3-13-9-26(19(30)25-11-20(21,22)23)10-14(13)17-8-24-18-5-4-15-16(28(17)18)6-7-27(15)12(2)29/h4-8,13-14H,3,9-11H2,1-2H3,(H,25,30)/t13-,14?/m1/s1. The molecule has 0 spiro atoms. The Kier molecular flexibility index (Phi) is 4.95. The summed E-state index contributed by atoms with van der Waals surface area (Å²) in [7, 11) is 0. The molecule has 7 nitrogen and oxygen atoms in total. The maximum atomic E-state index is 12.5. The summed E-state index contributed by atoms with van der Waals surface area (Å²) in [5.74, 6) is -0.0922. The molecule has 10 heteroatoms. The predicted octanol–water partition coefficient (Wildman–Crippen LogP) is 3.65. The topological polar surface area (TPSA) is 71.6 Å². The van der Waals surface area contributed by atoms with E-state index in [0.717, 1.165) is 23.1 Å². The lowest BCUT2D eigenvalue weighted by atomic mass is 9.91. The average molecular weight is 421 g/mol. The van der Waals surface area contributed by atoms with Crippen LogP contribution in [0.3, 0.4) is 0 Å². The maximum Gasteiger partial charge on any atom is 0.405 e. The first-order chi connectivity index (χ1) is 14.2. The summed E-state index contributed by atoms with van der Waals surface area (Å²) in [5.41, 5.74) is 3.17. The van der Waals surface area contributed by atoms with E-state index in [1.807, 2.05) is 34.8 Å². The Hall–Kier alpha value is -3.04. The second-order valence-electron chi connectivity index (χ2n) is 7.64. The summed E-state index contributed by atoms with van der Waals surface area (Å²) < 4.78 is 40.9. The van der Waals surface area contributed by atoms with E-state index < -0.39 is 18.8 Å². The smallest absolute Gasteiger partial charge is 0.329 e. The van der Waals surface area contributed by atoms with Crippen LogP contribution in [0.5, 0.6) is 0 Å². The third kappa shape index (κ3) is 3.50. The highest BCUT2D eigenvalue weighted by Crippen LogP contribution is 2.36. The fourth-order valence-electron chi connectivity index (χ4n) is 4.31. The molecule has 2 atom stereocenters. The lowest BCUT2D eigenvalue weighted by molar-refractivity contribution is -0.123. The van der Waals surface area contributed by atoms with Gasteiger partial charge in [0.2, 0.25) is 5.91 Å². The summed E-state index contributed by atoms with van der Waals surface area (Å²) in [6.07, 6.45) is -0.217. The van der Waals surface area contributed by atoms with E-state index >= 15 is 0 Å². The molecule has 4 rings (SSSR count). The van der Waals surface area contributed by atoms with Crippen molar-refractivity contribution < 1.29 is 22.8 Å². The normalized spacial score (nSPS) is 19.7. The fourth-order valence-corrected chi connectivity index (χ4v) is 4.31. The van der Waals surface area contributed by atoms with Crippen LogP contribution in [-0.4, -0.2) is 56.6 Å². The Morgan fingerprint density at radius 2 is 1.97 bits per heavy atom. The largest absolute Gasteiger partial charge is 0.405 e. The number of nitrogens with zero attached hydrogens (tertiary/aromatic N) is 4. The predicted molar refractivity (Wildman–Crippen MR) is 105 cm³/mol. The van der Waals surface area contributed by atoms with E-state index in [-0.39, 0.29) is 17.7 Å². The Morgan fingerprint density at radius 1 is 1.20 bits per heavy atom. The van der Waals surface area contributed by atoms with Gasteiger partial charge in [-0.3, -0.25) is 13.8 Å². The molecule has 1 unspecified atom stereocenters. The summed E-state index contributed by atoms with van der Waals surface area (Å²) in [5, 5.41) is 1.96. The van der Waals surface area contributed by atoms with Crippen molar-refractivity contribution in [3.8, 4) is 0 Å². The molecule has 4 heterocycles. The average Bonchev–Trinajstić information content (AvgIpc) is 3.39. The van der Waals surface area contributed by atoms with E-state index in [0.29, 0.717) is 18.7 Å². The molecule has 1 aliphatic heterocycles. The SMILES string of the molecule is CC[C@@H]1CN(C(=O)NCC(F)(F)F)CC1c1cnc2ccc3c(ccn3C(C)=O)n12. The molecule has 0 aliphatic carbocycles. The van der Waals surface area contributed by atoms with E-state index in [1.165, 1.54) is 11.8 Å². The summed E-state index contributed by atoms with van der Waals surface area (Å²) >= 11 is 0. The second-order valence-corrected chi connectivity index (χ2v) is 7.64. The van der Waals surface area contributed by atoms with Crippen LogP contribution >= 0.6 is 0 Å². The van der Waals surface area contributed by atoms with E-state index in [9.17, 15) is 22.8 Å². The van der Waals surface area contributed by atoms with Crippen molar-refractivity contribution in [3.05, 3.63) is 36.3 Å². The van der Waals surface area contributed by atoms with E-state index in [1.54, 1.807) is 17.0 Å². The number of halogens is 3. The molecular weight excluding hydrogens is 399 g/mol. The van der Waals surface area contributed by atoms with Gasteiger partial charge in [0, 0.05) is 44.0 Å². The minimum atomic E-state index is -4.45. The van der Waals surface area contributed by atoms with E-state index in [2.05, 4.69) is 4.98 Å². The lowest BCUT2D eigenvalue weighted by Crippen LogP contribution is -2.42. The van der Waals surface area contributed by atoms with Crippen molar-refractivity contribution in [1.29, 1.82) is 0 Å². The maximum absolute atomic E-state index is 12.5. The third-order valence-electron chi connectivity index (χ3n) is 5.76. The van der Waals surface area contributed by atoms with Gasteiger partial charge in [0.25, 0.3) is 0 Å². The van der Waals surface area contributed by atoms with Gasteiger partial charge in [-0.2, -0.15) is 13.2 Å². The van der Waals surface area contributed by atoms with Gasteiger partial charge in [0.05, 0.1) is 11.0 Å². The molecule has 3 aromatic rings. The van der Waals surface area contributed by atoms with Gasteiger partial charge in [0.15, 0.2) is 0 Å². The molecule has 0 saturated carbocycles. The number of carbonyl (C=O) groups excluding carboxylic acids is 2.